The number of carbonyl (C=O) groups is 1. The van der Waals surface area contributed by atoms with Crippen molar-refractivity contribution >= 4 is 5.91 Å². The van der Waals surface area contributed by atoms with E-state index >= 15 is 0 Å². The van der Waals surface area contributed by atoms with E-state index in [9.17, 15) is 9.90 Å². The Morgan fingerprint density at radius 1 is 1.38 bits per heavy atom. The minimum absolute atomic E-state index is 0.0660. The van der Waals surface area contributed by atoms with Crippen molar-refractivity contribution < 1.29 is 19.1 Å². The number of aliphatic hydroxyl groups excluding tert-OH is 1. The van der Waals surface area contributed by atoms with Gasteiger partial charge in [0.1, 0.15) is 11.9 Å². The summed E-state index contributed by atoms with van der Waals surface area (Å²) in [5, 5.41) is 9.70. The van der Waals surface area contributed by atoms with E-state index in [0.29, 0.717) is 24.6 Å². The number of morpholine rings is 1. The molecule has 0 spiro atoms. The fraction of sp³-hybridized carbons (Fsp3) is 0.444. The smallest absolute Gasteiger partial charge is 0.276 e. The molecule has 1 saturated heterocycles. The van der Waals surface area contributed by atoms with E-state index in [4.69, 9.17) is 9.15 Å². The fourth-order valence-electron chi connectivity index (χ4n) is 3.12. The van der Waals surface area contributed by atoms with Crippen LogP contribution in [-0.2, 0) is 4.74 Å². The van der Waals surface area contributed by atoms with Crippen molar-refractivity contribution in [3.8, 4) is 0 Å². The zero-order valence-electron chi connectivity index (χ0n) is 13.9. The first kappa shape index (κ1) is 16.7. The molecule has 1 fully saturated rings. The van der Waals surface area contributed by atoms with Crippen molar-refractivity contribution in [2.75, 3.05) is 19.8 Å². The first-order chi connectivity index (χ1) is 11.6. The van der Waals surface area contributed by atoms with Gasteiger partial charge in [-0.3, -0.25) is 4.79 Å². The third-order valence-corrected chi connectivity index (χ3v) is 4.26. The van der Waals surface area contributed by atoms with Gasteiger partial charge in [0.25, 0.3) is 5.91 Å². The summed E-state index contributed by atoms with van der Waals surface area (Å²) < 4.78 is 11.1. The Balaban J connectivity index is 1.97. The molecule has 0 unspecified atom stereocenters. The Kier molecular flexibility index (Phi) is 4.97. The summed E-state index contributed by atoms with van der Waals surface area (Å²) in [4.78, 5) is 19.0. The fourth-order valence-corrected chi connectivity index (χ4v) is 3.12. The van der Waals surface area contributed by atoms with Gasteiger partial charge in [0, 0.05) is 12.5 Å². The van der Waals surface area contributed by atoms with Crippen LogP contribution in [-0.4, -0.2) is 46.8 Å². The van der Waals surface area contributed by atoms with Crippen LogP contribution < -0.4 is 0 Å². The maximum absolute atomic E-state index is 13.1. The Labute approximate surface area is 141 Å². The van der Waals surface area contributed by atoms with Crippen LogP contribution >= 0.6 is 0 Å². The summed E-state index contributed by atoms with van der Waals surface area (Å²) in [5.74, 6) is 0.457. The highest BCUT2D eigenvalue weighted by molar-refractivity contribution is 5.93. The number of aromatic nitrogens is 1. The first-order valence-electron chi connectivity index (χ1n) is 8.15. The maximum Gasteiger partial charge on any atom is 0.276 e. The van der Waals surface area contributed by atoms with Crippen LogP contribution in [0.1, 0.15) is 47.6 Å². The highest BCUT2D eigenvalue weighted by Crippen LogP contribution is 2.32. The zero-order chi connectivity index (χ0) is 17.1. The third-order valence-electron chi connectivity index (χ3n) is 4.26. The van der Waals surface area contributed by atoms with Gasteiger partial charge in [-0.15, -0.1) is 0 Å². The van der Waals surface area contributed by atoms with Gasteiger partial charge in [0.05, 0.1) is 19.3 Å². The van der Waals surface area contributed by atoms with Crippen LogP contribution in [0.3, 0.4) is 0 Å². The molecule has 3 rings (SSSR count). The van der Waals surface area contributed by atoms with E-state index in [1.807, 2.05) is 44.2 Å². The topological polar surface area (TPSA) is 75.8 Å². The van der Waals surface area contributed by atoms with Crippen LogP contribution in [0.2, 0.25) is 0 Å². The van der Waals surface area contributed by atoms with Crippen molar-refractivity contribution in [3.63, 3.8) is 0 Å². The monoisotopic (exact) mass is 330 g/mol. The van der Waals surface area contributed by atoms with Crippen LogP contribution in [0.4, 0.5) is 0 Å². The van der Waals surface area contributed by atoms with Crippen LogP contribution in [0.5, 0.6) is 0 Å². The number of benzene rings is 1. The third kappa shape index (κ3) is 3.07. The van der Waals surface area contributed by atoms with Gasteiger partial charge in [0.2, 0.25) is 0 Å². The molecule has 24 heavy (non-hydrogen) atoms. The lowest BCUT2D eigenvalue weighted by Crippen LogP contribution is -2.49. The predicted molar refractivity (Wildman–Crippen MR) is 87.6 cm³/mol. The Morgan fingerprint density at radius 3 is 2.79 bits per heavy atom. The molecule has 0 radical (unpaired) electrons. The lowest BCUT2D eigenvalue weighted by atomic mass is 9.97. The molecule has 0 saturated carbocycles. The number of rotatable bonds is 4. The maximum atomic E-state index is 13.1. The van der Waals surface area contributed by atoms with Crippen LogP contribution in [0.15, 0.2) is 41.1 Å². The highest BCUT2D eigenvalue weighted by atomic mass is 16.5. The molecule has 2 aromatic rings. The molecule has 2 atom stereocenters. The molecular weight excluding hydrogens is 308 g/mol. The summed E-state index contributed by atoms with van der Waals surface area (Å²) in [6.45, 7) is 4.59. The van der Waals surface area contributed by atoms with Gasteiger partial charge in [-0.1, -0.05) is 44.2 Å². The van der Waals surface area contributed by atoms with Gasteiger partial charge < -0.3 is 19.2 Å². The number of carbonyl (C=O) groups excluding carboxylic acids is 1. The van der Waals surface area contributed by atoms with Gasteiger partial charge in [0.15, 0.2) is 12.1 Å². The standard InChI is InChI=1S/C18H22N2O4/c1-12(2)17-15(19-11-24-17)18(22)20-8-9-23-14(10-21)16(20)13-6-4-3-5-7-13/h3-7,11-12,14,16,21H,8-10H2,1-2H3/t14-,16-/m1/s1. The number of hydrogen-bond acceptors (Lipinski definition) is 5. The van der Waals surface area contributed by atoms with Gasteiger partial charge in [-0.25, -0.2) is 4.98 Å². The van der Waals surface area contributed by atoms with Gasteiger partial charge >= 0.3 is 0 Å². The van der Waals surface area contributed by atoms with E-state index in [2.05, 4.69) is 4.98 Å². The molecule has 6 nitrogen and oxygen atoms in total. The van der Waals surface area contributed by atoms with Gasteiger partial charge in [-0.2, -0.15) is 0 Å². The average molecular weight is 330 g/mol. The number of aliphatic hydroxyl groups is 1. The molecule has 0 bridgehead atoms. The Hall–Kier alpha value is -2.18. The number of hydrogen-bond donors (Lipinski definition) is 1. The number of amides is 1. The second-order valence-electron chi connectivity index (χ2n) is 6.17. The summed E-state index contributed by atoms with van der Waals surface area (Å²) in [6.07, 6.45) is 0.851. The minimum Gasteiger partial charge on any atom is -0.447 e. The first-order valence-corrected chi connectivity index (χ1v) is 8.15. The second kappa shape index (κ2) is 7.15. The Bertz CT molecular complexity index is 683. The van der Waals surface area contributed by atoms with Crippen molar-refractivity contribution in [3.05, 3.63) is 53.7 Å². The minimum atomic E-state index is -0.459. The average Bonchev–Trinajstić information content (AvgIpc) is 3.11. The predicted octanol–water partition coefficient (Wildman–Crippen LogP) is 2.37. The summed E-state index contributed by atoms with van der Waals surface area (Å²) in [7, 11) is 0. The van der Waals surface area contributed by atoms with Crippen LogP contribution in [0, 0.1) is 0 Å². The van der Waals surface area contributed by atoms with Crippen molar-refractivity contribution in [1.29, 1.82) is 0 Å². The molecule has 0 aliphatic carbocycles. The lowest BCUT2D eigenvalue weighted by Gasteiger charge is -2.40. The molecule has 128 valence electrons. The number of ether oxygens (including phenoxy) is 1. The molecule has 2 heterocycles. The van der Waals surface area contributed by atoms with Crippen LogP contribution in [0.25, 0.3) is 0 Å². The van der Waals surface area contributed by atoms with E-state index in [1.54, 1.807) is 4.90 Å². The van der Waals surface area contributed by atoms with Crippen molar-refractivity contribution in [1.82, 2.24) is 9.88 Å². The van der Waals surface area contributed by atoms with E-state index < -0.39 is 6.10 Å². The summed E-state index contributed by atoms with van der Waals surface area (Å²) >= 11 is 0. The normalized spacial score (nSPS) is 21.2. The van der Waals surface area contributed by atoms with Crippen molar-refractivity contribution in [2.45, 2.75) is 31.9 Å². The van der Waals surface area contributed by atoms with E-state index in [1.165, 1.54) is 6.39 Å². The number of nitrogens with zero attached hydrogens (tertiary/aromatic N) is 2. The largest absolute Gasteiger partial charge is 0.447 e. The lowest BCUT2D eigenvalue weighted by molar-refractivity contribution is -0.0813. The Morgan fingerprint density at radius 2 is 2.12 bits per heavy atom. The van der Waals surface area contributed by atoms with Gasteiger partial charge in [-0.05, 0) is 5.56 Å². The van der Waals surface area contributed by atoms with E-state index in [-0.39, 0.29) is 24.5 Å². The summed E-state index contributed by atoms with van der Waals surface area (Å²) in [6, 6.07) is 9.27. The quantitative estimate of drug-likeness (QED) is 0.931. The van der Waals surface area contributed by atoms with E-state index in [0.717, 1.165) is 5.56 Å². The molecule has 1 aromatic heterocycles. The SMILES string of the molecule is CC(C)c1ocnc1C(=O)N1CCO[C@H](CO)[C@H]1c1ccccc1. The molecule has 1 N–H and O–H groups in total. The summed E-state index contributed by atoms with van der Waals surface area (Å²) in [5.41, 5.74) is 1.27. The molecule has 1 amide bonds. The molecule has 1 aromatic carbocycles. The number of oxazole rings is 1. The highest BCUT2D eigenvalue weighted by Gasteiger charge is 2.38. The molecule has 1 aliphatic heterocycles. The molecular formula is C18H22N2O4. The van der Waals surface area contributed by atoms with Crippen molar-refractivity contribution in [2.24, 2.45) is 0 Å². The molecule has 1 aliphatic rings. The zero-order valence-corrected chi connectivity index (χ0v) is 13.9. The second-order valence-corrected chi connectivity index (χ2v) is 6.17. The molecule has 6 heteroatoms.